The van der Waals surface area contributed by atoms with Crippen LogP contribution < -0.4 is 0 Å². The smallest absolute Gasteiger partial charge is 0.324 e. The van der Waals surface area contributed by atoms with Gasteiger partial charge in [-0.05, 0) is 30.5 Å². The van der Waals surface area contributed by atoms with Crippen LogP contribution in [-0.4, -0.2) is 20.9 Å². The molecule has 0 unspecified atom stereocenters. The van der Waals surface area contributed by atoms with E-state index in [1.807, 2.05) is 19.9 Å². The first-order chi connectivity index (χ1) is 8.37. The van der Waals surface area contributed by atoms with Crippen LogP contribution in [0, 0.1) is 11.3 Å². The Morgan fingerprint density at radius 3 is 2.50 bits per heavy atom. The highest BCUT2D eigenvalue weighted by atomic mass is 31.2. The Kier molecular flexibility index (Phi) is 4.64. The zero-order chi connectivity index (χ0) is 13.8. The zero-order valence-electron chi connectivity index (χ0n) is 10.5. The van der Waals surface area contributed by atoms with Gasteiger partial charge in [-0.2, -0.15) is 5.26 Å². The fourth-order valence-corrected chi connectivity index (χ4v) is 3.61. The summed E-state index contributed by atoms with van der Waals surface area (Å²) in [5.41, 5.74) is 0.431. The molecule has 2 N–H and O–H groups in total. The van der Waals surface area contributed by atoms with Crippen molar-refractivity contribution in [2.24, 2.45) is 0 Å². The third-order valence-corrected chi connectivity index (χ3v) is 4.37. The van der Waals surface area contributed by atoms with E-state index in [0.717, 1.165) is 5.56 Å². The van der Waals surface area contributed by atoms with Crippen molar-refractivity contribution in [3.05, 3.63) is 29.6 Å². The predicted molar refractivity (Wildman–Crippen MR) is 68.1 cm³/mol. The van der Waals surface area contributed by atoms with Gasteiger partial charge in [0, 0.05) is 11.6 Å². The minimum Gasteiger partial charge on any atom is -0.324 e. The van der Waals surface area contributed by atoms with Gasteiger partial charge in [-0.25, -0.2) is 4.98 Å². The number of nitriles is 1. The molecule has 0 bridgehead atoms. The van der Waals surface area contributed by atoms with Crippen molar-refractivity contribution >= 4 is 7.60 Å². The molecule has 0 aliphatic heterocycles. The summed E-state index contributed by atoms with van der Waals surface area (Å²) in [5.74, 6) is 0. The summed E-state index contributed by atoms with van der Waals surface area (Å²) >= 11 is 0. The van der Waals surface area contributed by atoms with E-state index in [9.17, 15) is 14.4 Å². The molecule has 0 aliphatic rings. The van der Waals surface area contributed by atoms with Crippen molar-refractivity contribution in [3.8, 4) is 6.07 Å². The number of aromatic nitrogens is 1. The van der Waals surface area contributed by atoms with Gasteiger partial charge in [-0.15, -0.1) is 0 Å². The lowest BCUT2D eigenvalue weighted by Crippen LogP contribution is -2.29. The first-order valence-corrected chi connectivity index (χ1v) is 7.58. The summed E-state index contributed by atoms with van der Waals surface area (Å²) in [5, 5.41) is 8.84. The fourth-order valence-electron chi connectivity index (χ4n) is 2.19. The van der Waals surface area contributed by atoms with Gasteiger partial charge in [0.25, 0.3) is 0 Å². The number of rotatable bonds is 5. The maximum Gasteiger partial charge on any atom is 0.326 e. The third kappa shape index (κ3) is 3.39. The molecule has 18 heavy (non-hydrogen) atoms. The fraction of sp³-hybridized carbons (Fsp3) is 0.500. The largest absolute Gasteiger partial charge is 0.326 e. The monoisotopic (exact) mass is 268 g/mol. The van der Waals surface area contributed by atoms with Crippen LogP contribution >= 0.6 is 7.60 Å². The summed E-state index contributed by atoms with van der Waals surface area (Å²) < 4.78 is 11.3. The predicted octanol–water partition coefficient (Wildman–Crippen LogP) is 2.19. The minimum atomic E-state index is -4.11. The van der Waals surface area contributed by atoms with E-state index in [-0.39, 0.29) is 11.9 Å². The van der Waals surface area contributed by atoms with E-state index in [1.54, 1.807) is 12.1 Å². The summed E-state index contributed by atoms with van der Waals surface area (Å²) in [6.45, 7) is 3.79. The number of pyridine rings is 1. The Hall–Kier alpha value is -1.21. The van der Waals surface area contributed by atoms with Crippen LogP contribution in [0.5, 0.6) is 0 Å². The standard InChI is InChI=1S/C12H17N2O3P/c1-3-12(4-2,9-18(15,16)17)10-5-6-14-11(7-10)8-13/h5-7H,3-4,9H2,1-2H3,(H2,15,16,17). The van der Waals surface area contributed by atoms with Crippen molar-refractivity contribution in [1.29, 1.82) is 5.26 Å². The molecule has 1 heterocycles. The van der Waals surface area contributed by atoms with Gasteiger partial charge in [0.2, 0.25) is 0 Å². The molecule has 0 saturated heterocycles. The highest BCUT2D eigenvalue weighted by Crippen LogP contribution is 2.46. The average Bonchev–Trinajstić information content (AvgIpc) is 2.35. The maximum atomic E-state index is 11.3. The lowest BCUT2D eigenvalue weighted by Gasteiger charge is -2.32. The first-order valence-electron chi connectivity index (χ1n) is 5.78. The van der Waals surface area contributed by atoms with Gasteiger partial charge < -0.3 is 9.79 Å². The maximum absolute atomic E-state index is 11.3. The van der Waals surface area contributed by atoms with Gasteiger partial charge in [0.1, 0.15) is 11.8 Å². The molecule has 0 fully saturated rings. The summed E-state index contributed by atoms with van der Waals surface area (Å²) in [6, 6.07) is 5.28. The van der Waals surface area contributed by atoms with Gasteiger partial charge in [-0.3, -0.25) is 4.57 Å². The second kappa shape index (κ2) is 5.62. The van der Waals surface area contributed by atoms with E-state index in [0.29, 0.717) is 12.8 Å². The minimum absolute atomic E-state index is 0.206. The van der Waals surface area contributed by atoms with E-state index in [1.165, 1.54) is 6.20 Å². The highest BCUT2D eigenvalue weighted by Gasteiger charge is 2.35. The van der Waals surface area contributed by atoms with Crippen LogP contribution in [0.3, 0.4) is 0 Å². The molecule has 1 aromatic heterocycles. The van der Waals surface area contributed by atoms with Crippen LogP contribution in [0.2, 0.25) is 0 Å². The lowest BCUT2D eigenvalue weighted by atomic mass is 9.78. The zero-order valence-corrected chi connectivity index (χ0v) is 11.4. The van der Waals surface area contributed by atoms with Gasteiger partial charge >= 0.3 is 7.60 Å². The molecular formula is C12H17N2O3P. The lowest BCUT2D eigenvalue weighted by molar-refractivity contribution is 0.340. The van der Waals surface area contributed by atoms with Crippen molar-refractivity contribution in [2.75, 3.05) is 6.16 Å². The van der Waals surface area contributed by atoms with Crippen molar-refractivity contribution in [3.63, 3.8) is 0 Å². The Labute approximate surface area is 107 Å². The van der Waals surface area contributed by atoms with E-state index < -0.39 is 13.0 Å². The van der Waals surface area contributed by atoms with Gasteiger partial charge in [0.05, 0.1) is 6.16 Å². The molecule has 0 atom stereocenters. The molecule has 0 aliphatic carbocycles. The molecular weight excluding hydrogens is 251 g/mol. The Bertz CT molecular complexity index is 500. The van der Waals surface area contributed by atoms with Crippen molar-refractivity contribution in [1.82, 2.24) is 4.98 Å². The SMILES string of the molecule is CCC(CC)(CP(=O)(O)O)c1ccnc(C#N)c1. The average molecular weight is 268 g/mol. The van der Waals surface area contributed by atoms with Gasteiger partial charge in [0.15, 0.2) is 0 Å². The first kappa shape index (κ1) is 14.8. The molecule has 0 saturated carbocycles. The normalized spacial score (nSPS) is 12.2. The summed E-state index contributed by atoms with van der Waals surface area (Å²) in [4.78, 5) is 22.3. The molecule has 6 heteroatoms. The number of hydrogen-bond acceptors (Lipinski definition) is 3. The van der Waals surface area contributed by atoms with Crippen LogP contribution in [0.4, 0.5) is 0 Å². The second-order valence-electron chi connectivity index (χ2n) is 4.35. The molecule has 1 rings (SSSR count). The second-order valence-corrected chi connectivity index (χ2v) is 6.00. The van der Waals surface area contributed by atoms with Crippen LogP contribution in [0.1, 0.15) is 37.9 Å². The Morgan fingerprint density at radius 2 is 2.06 bits per heavy atom. The van der Waals surface area contributed by atoms with Crippen molar-refractivity contribution in [2.45, 2.75) is 32.1 Å². The quantitative estimate of drug-likeness (QED) is 0.798. The molecule has 5 nitrogen and oxygen atoms in total. The van der Waals surface area contributed by atoms with E-state index >= 15 is 0 Å². The summed E-state index contributed by atoms with van der Waals surface area (Å²) in [6.07, 6.45) is 2.50. The molecule has 1 aromatic rings. The number of hydrogen-bond donors (Lipinski definition) is 2. The van der Waals surface area contributed by atoms with Crippen LogP contribution in [0.25, 0.3) is 0 Å². The third-order valence-electron chi connectivity index (χ3n) is 3.35. The van der Waals surface area contributed by atoms with Crippen molar-refractivity contribution < 1.29 is 14.4 Å². The van der Waals surface area contributed by atoms with Crippen LogP contribution in [0.15, 0.2) is 18.3 Å². The Balaban J connectivity index is 3.26. The molecule has 0 spiro atoms. The Morgan fingerprint density at radius 1 is 1.44 bits per heavy atom. The number of nitrogens with zero attached hydrogens (tertiary/aromatic N) is 2. The topological polar surface area (TPSA) is 94.2 Å². The van der Waals surface area contributed by atoms with Gasteiger partial charge in [-0.1, -0.05) is 13.8 Å². The van der Waals surface area contributed by atoms with Crippen LogP contribution in [-0.2, 0) is 9.98 Å². The molecule has 0 aromatic carbocycles. The highest BCUT2D eigenvalue weighted by molar-refractivity contribution is 7.51. The summed E-state index contributed by atoms with van der Waals surface area (Å²) in [7, 11) is -4.11. The molecule has 0 radical (unpaired) electrons. The van der Waals surface area contributed by atoms with E-state index in [2.05, 4.69) is 4.98 Å². The molecule has 98 valence electrons. The molecule has 0 amide bonds. The van der Waals surface area contributed by atoms with E-state index in [4.69, 9.17) is 5.26 Å².